The van der Waals surface area contributed by atoms with E-state index in [9.17, 15) is 9.59 Å². The monoisotopic (exact) mass is 414 g/mol. The summed E-state index contributed by atoms with van der Waals surface area (Å²) in [4.78, 5) is 27.1. The van der Waals surface area contributed by atoms with Gasteiger partial charge in [0.15, 0.2) is 0 Å². The van der Waals surface area contributed by atoms with Crippen molar-refractivity contribution in [3.63, 3.8) is 0 Å². The molecule has 3 rings (SSSR count). The molecular formula is C25H26N4O2. The summed E-state index contributed by atoms with van der Waals surface area (Å²) in [6.07, 6.45) is 1.66. The highest BCUT2D eigenvalue weighted by Crippen LogP contribution is 2.17. The molecule has 0 aromatic heterocycles. The van der Waals surface area contributed by atoms with E-state index in [1.165, 1.54) is 0 Å². The van der Waals surface area contributed by atoms with Crippen LogP contribution in [0.3, 0.4) is 0 Å². The zero-order valence-corrected chi connectivity index (χ0v) is 17.7. The Morgan fingerprint density at radius 2 is 1.52 bits per heavy atom. The minimum absolute atomic E-state index is 0.0689. The molecule has 0 saturated carbocycles. The number of nitrogens with one attached hydrogen (secondary N) is 2. The Morgan fingerprint density at radius 1 is 0.903 bits per heavy atom. The normalized spacial score (nSPS) is 11.7. The molecule has 3 aromatic carbocycles. The summed E-state index contributed by atoms with van der Waals surface area (Å²) in [5, 5.41) is 7.00. The molecule has 2 N–H and O–H groups in total. The molecule has 3 aromatic rings. The van der Waals surface area contributed by atoms with Gasteiger partial charge in [-0.25, -0.2) is 5.43 Å². The van der Waals surface area contributed by atoms with E-state index in [0.717, 1.165) is 16.8 Å². The van der Waals surface area contributed by atoms with Gasteiger partial charge in [0.1, 0.15) is 0 Å². The second kappa shape index (κ2) is 10.7. The second-order valence-electron chi connectivity index (χ2n) is 7.29. The first kappa shape index (κ1) is 21.8. The molecule has 0 spiro atoms. The van der Waals surface area contributed by atoms with Crippen molar-refractivity contribution in [3.8, 4) is 0 Å². The Balaban J connectivity index is 1.63. The summed E-state index contributed by atoms with van der Waals surface area (Å²) >= 11 is 0. The Morgan fingerprint density at radius 3 is 2.13 bits per heavy atom. The smallest absolute Gasteiger partial charge is 0.251 e. The number of carbonyl (C=O) groups excluding carboxylic acids is 2. The zero-order chi connectivity index (χ0) is 22.1. The lowest BCUT2D eigenvalue weighted by Gasteiger charge is -2.18. The fraction of sp³-hybridized carbons (Fsp3) is 0.160. The molecule has 0 aliphatic heterocycles. The average Bonchev–Trinajstić information content (AvgIpc) is 2.80. The molecule has 0 radical (unpaired) electrons. The highest BCUT2D eigenvalue weighted by Gasteiger charge is 2.19. The van der Waals surface area contributed by atoms with Crippen LogP contribution in [0.15, 0.2) is 90.0 Å². The van der Waals surface area contributed by atoms with E-state index in [0.29, 0.717) is 5.56 Å². The molecule has 0 heterocycles. The molecule has 1 atom stereocenters. The molecule has 6 nitrogen and oxygen atoms in total. The van der Waals surface area contributed by atoms with Gasteiger partial charge in [-0.2, -0.15) is 5.10 Å². The molecule has 0 fully saturated rings. The maximum Gasteiger partial charge on any atom is 0.251 e. The Labute approximate surface area is 182 Å². The molecule has 0 saturated heterocycles. The molecule has 158 valence electrons. The first-order chi connectivity index (χ1) is 15.0. The summed E-state index contributed by atoms with van der Waals surface area (Å²) < 4.78 is 0. The SMILES string of the molecule is CN(C)c1ccc(/C=N\NC(=O)C[C@H](NC(=O)c2ccccc2)c2ccccc2)cc1. The van der Waals surface area contributed by atoms with Crippen LogP contribution in [0.25, 0.3) is 0 Å². The van der Waals surface area contributed by atoms with E-state index in [2.05, 4.69) is 15.8 Å². The number of carbonyl (C=O) groups is 2. The number of amides is 2. The molecule has 31 heavy (non-hydrogen) atoms. The number of hydrazone groups is 1. The van der Waals surface area contributed by atoms with Crippen LogP contribution in [0.1, 0.15) is 33.9 Å². The summed E-state index contributed by atoms with van der Waals surface area (Å²) in [6, 6.07) is 25.7. The lowest BCUT2D eigenvalue weighted by atomic mass is 10.0. The van der Waals surface area contributed by atoms with E-state index in [1.807, 2.05) is 79.7 Å². The lowest BCUT2D eigenvalue weighted by molar-refractivity contribution is -0.121. The third-order valence-electron chi connectivity index (χ3n) is 4.75. The van der Waals surface area contributed by atoms with E-state index >= 15 is 0 Å². The topological polar surface area (TPSA) is 73.8 Å². The van der Waals surface area contributed by atoms with Crippen LogP contribution in [-0.2, 0) is 4.79 Å². The van der Waals surface area contributed by atoms with Crippen LogP contribution in [0.5, 0.6) is 0 Å². The first-order valence-corrected chi connectivity index (χ1v) is 10.0. The molecule has 0 unspecified atom stereocenters. The minimum Gasteiger partial charge on any atom is -0.378 e. The van der Waals surface area contributed by atoms with E-state index in [4.69, 9.17) is 0 Å². The van der Waals surface area contributed by atoms with Crippen molar-refractivity contribution in [1.29, 1.82) is 0 Å². The number of nitrogens with zero attached hydrogens (tertiary/aromatic N) is 2. The fourth-order valence-corrected chi connectivity index (χ4v) is 3.04. The van der Waals surface area contributed by atoms with Crippen molar-refractivity contribution in [3.05, 3.63) is 102 Å². The standard InChI is InChI=1S/C25H26N4O2/c1-29(2)22-15-13-19(14-16-22)18-26-28-24(30)17-23(20-9-5-3-6-10-20)27-25(31)21-11-7-4-8-12-21/h3-16,18,23H,17H2,1-2H3,(H,27,31)(H,28,30)/b26-18-/t23-/m0/s1. The number of benzene rings is 3. The number of hydrogen-bond donors (Lipinski definition) is 2. The van der Waals surface area contributed by atoms with Gasteiger partial charge >= 0.3 is 0 Å². The van der Waals surface area contributed by atoms with Crippen LogP contribution in [-0.4, -0.2) is 32.1 Å². The van der Waals surface area contributed by atoms with Crippen molar-refractivity contribution >= 4 is 23.7 Å². The van der Waals surface area contributed by atoms with Gasteiger partial charge in [-0.3, -0.25) is 9.59 Å². The Bertz CT molecular complexity index is 1020. The number of rotatable bonds is 8. The Kier molecular flexibility index (Phi) is 7.54. The van der Waals surface area contributed by atoms with E-state index in [-0.39, 0.29) is 18.2 Å². The van der Waals surface area contributed by atoms with Gasteiger partial charge in [0, 0.05) is 25.3 Å². The van der Waals surface area contributed by atoms with Gasteiger partial charge in [-0.05, 0) is 35.4 Å². The molecule has 6 heteroatoms. The average molecular weight is 415 g/mol. The fourth-order valence-electron chi connectivity index (χ4n) is 3.04. The second-order valence-corrected chi connectivity index (χ2v) is 7.29. The number of hydrogen-bond acceptors (Lipinski definition) is 4. The minimum atomic E-state index is -0.469. The van der Waals surface area contributed by atoms with Crippen molar-refractivity contribution in [1.82, 2.24) is 10.7 Å². The predicted molar refractivity (Wildman–Crippen MR) is 124 cm³/mol. The van der Waals surface area contributed by atoms with Crippen molar-refractivity contribution in [2.75, 3.05) is 19.0 Å². The predicted octanol–water partition coefficient (Wildman–Crippen LogP) is 3.76. The largest absolute Gasteiger partial charge is 0.378 e. The van der Waals surface area contributed by atoms with Crippen molar-refractivity contribution in [2.24, 2.45) is 5.10 Å². The van der Waals surface area contributed by atoms with Gasteiger partial charge in [-0.15, -0.1) is 0 Å². The van der Waals surface area contributed by atoms with E-state index in [1.54, 1.807) is 30.5 Å². The van der Waals surface area contributed by atoms with Crippen LogP contribution in [0, 0.1) is 0 Å². The van der Waals surface area contributed by atoms with Gasteiger partial charge in [-0.1, -0.05) is 60.7 Å². The third-order valence-corrected chi connectivity index (χ3v) is 4.75. The van der Waals surface area contributed by atoms with Crippen LogP contribution in [0.4, 0.5) is 5.69 Å². The maximum atomic E-state index is 12.6. The van der Waals surface area contributed by atoms with Gasteiger partial charge in [0.05, 0.1) is 18.7 Å². The van der Waals surface area contributed by atoms with Crippen molar-refractivity contribution < 1.29 is 9.59 Å². The zero-order valence-electron chi connectivity index (χ0n) is 17.7. The summed E-state index contributed by atoms with van der Waals surface area (Å²) in [6.45, 7) is 0. The molecule has 0 bridgehead atoms. The highest BCUT2D eigenvalue weighted by atomic mass is 16.2. The van der Waals surface area contributed by atoms with Crippen LogP contribution >= 0.6 is 0 Å². The summed E-state index contributed by atoms with van der Waals surface area (Å²) in [7, 11) is 3.95. The lowest BCUT2D eigenvalue weighted by Crippen LogP contribution is -2.32. The van der Waals surface area contributed by atoms with Crippen molar-refractivity contribution in [2.45, 2.75) is 12.5 Å². The number of anilines is 1. The highest BCUT2D eigenvalue weighted by molar-refractivity contribution is 5.94. The quantitative estimate of drug-likeness (QED) is 0.435. The molecule has 2 amide bonds. The maximum absolute atomic E-state index is 12.6. The van der Waals surface area contributed by atoms with Crippen LogP contribution < -0.4 is 15.6 Å². The first-order valence-electron chi connectivity index (χ1n) is 10.0. The summed E-state index contributed by atoms with van der Waals surface area (Å²) in [5.41, 5.74) is 5.91. The summed E-state index contributed by atoms with van der Waals surface area (Å²) in [5.74, 6) is -0.518. The molecule has 0 aliphatic carbocycles. The third kappa shape index (κ3) is 6.54. The van der Waals surface area contributed by atoms with Gasteiger partial charge < -0.3 is 10.2 Å². The molecular weight excluding hydrogens is 388 g/mol. The Hall–Kier alpha value is -3.93. The van der Waals surface area contributed by atoms with E-state index < -0.39 is 6.04 Å². The van der Waals surface area contributed by atoms with Gasteiger partial charge in [0.25, 0.3) is 5.91 Å². The van der Waals surface area contributed by atoms with Gasteiger partial charge in [0.2, 0.25) is 5.91 Å². The molecule has 0 aliphatic rings. The van der Waals surface area contributed by atoms with Crippen LogP contribution in [0.2, 0.25) is 0 Å².